The number of rotatable bonds is 7. The summed E-state index contributed by atoms with van der Waals surface area (Å²) in [6, 6.07) is 13.9. The Balaban J connectivity index is 1.47. The van der Waals surface area contributed by atoms with Gasteiger partial charge in [0, 0.05) is 18.8 Å². The molecule has 0 spiro atoms. The number of anilines is 1. The highest BCUT2D eigenvalue weighted by Gasteiger charge is 2.40. The molecule has 2 atom stereocenters. The van der Waals surface area contributed by atoms with Crippen molar-refractivity contribution in [3.63, 3.8) is 0 Å². The summed E-state index contributed by atoms with van der Waals surface area (Å²) in [5.41, 5.74) is 2.66. The molecule has 0 radical (unpaired) electrons. The molecule has 2 aromatic heterocycles. The van der Waals surface area contributed by atoms with Crippen LogP contribution in [0, 0.1) is 12.8 Å². The number of carboxylic acid groups (broad SMARTS) is 1. The second kappa shape index (κ2) is 9.73. The number of hydrogen-bond donors (Lipinski definition) is 3. The van der Waals surface area contributed by atoms with Gasteiger partial charge in [-0.1, -0.05) is 18.2 Å². The Morgan fingerprint density at radius 1 is 1.13 bits per heavy atom. The number of aromatic nitrogens is 3. The molecule has 38 heavy (non-hydrogen) atoms. The number of fused-ring (bicyclic) bond motifs is 1. The predicted molar refractivity (Wildman–Crippen MR) is 145 cm³/mol. The Hall–Kier alpha value is -3.96. The van der Waals surface area contributed by atoms with Crippen LogP contribution in [0.5, 0.6) is 0 Å². The van der Waals surface area contributed by atoms with Gasteiger partial charge in [0.25, 0.3) is 11.5 Å². The molecule has 0 saturated carbocycles. The van der Waals surface area contributed by atoms with Gasteiger partial charge in [0.1, 0.15) is 5.56 Å². The molecule has 0 bridgehead atoms. The van der Waals surface area contributed by atoms with E-state index in [9.17, 15) is 24.6 Å². The highest BCUT2D eigenvalue weighted by Crippen LogP contribution is 2.29. The van der Waals surface area contributed by atoms with Crippen molar-refractivity contribution < 1.29 is 19.8 Å². The highest BCUT2D eigenvalue weighted by molar-refractivity contribution is 7.16. The maximum absolute atomic E-state index is 13.6. The normalized spacial score (nSPS) is 17.7. The molecule has 3 heterocycles. The van der Waals surface area contributed by atoms with Gasteiger partial charge < -0.3 is 20.4 Å². The quantitative estimate of drug-likeness (QED) is 0.332. The summed E-state index contributed by atoms with van der Waals surface area (Å²) in [5, 5.41) is 23.3. The Labute approximate surface area is 222 Å². The van der Waals surface area contributed by atoms with Gasteiger partial charge in [-0.15, -0.1) is 11.3 Å². The van der Waals surface area contributed by atoms with Gasteiger partial charge in [-0.05, 0) is 51.1 Å². The molecule has 1 fully saturated rings. The van der Waals surface area contributed by atoms with Crippen LogP contribution < -0.4 is 15.8 Å². The van der Waals surface area contributed by atoms with Crippen LogP contribution in [-0.4, -0.2) is 61.2 Å². The molecule has 10 nitrogen and oxygen atoms in total. The molecular weight excluding hydrogens is 506 g/mol. The van der Waals surface area contributed by atoms with E-state index in [1.807, 2.05) is 29.2 Å². The number of amides is 1. The highest BCUT2D eigenvalue weighted by atomic mass is 32.1. The summed E-state index contributed by atoms with van der Waals surface area (Å²) in [5.74, 6) is -2.51. The molecule has 1 aliphatic heterocycles. The van der Waals surface area contributed by atoms with Gasteiger partial charge in [0.2, 0.25) is 0 Å². The van der Waals surface area contributed by atoms with Crippen LogP contribution in [0.4, 0.5) is 5.69 Å². The first kappa shape index (κ1) is 25.7. The molecule has 5 rings (SSSR count). The van der Waals surface area contributed by atoms with E-state index < -0.39 is 35.0 Å². The fourth-order valence-corrected chi connectivity index (χ4v) is 5.69. The maximum Gasteiger partial charge on any atom is 0.310 e. The topological polar surface area (TPSA) is 130 Å². The Bertz CT molecular complexity index is 1570. The molecular formula is C27H29N5O5S. The number of carbonyl (C=O) groups is 2. The van der Waals surface area contributed by atoms with Gasteiger partial charge in [0.05, 0.1) is 51.2 Å². The van der Waals surface area contributed by atoms with E-state index in [1.165, 1.54) is 16.0 Å². The van der Waals surface area contributed by atoms with Crippen LogP contribution in [0.2, 0.25) is 0 Å². The third-order valence-electron chi connectivity index (χ3n) is 6.79. The summed E-state index contributed by atoms with van der Waals surface area (Å²) in [6.45, 7) is 5.48. The van der Waals surface area contributed by atoms with E-state index in [0.29, 0.717) is 11.4 Å². The summed E-state index contributed by atoms with van der Waals surface area (Å²) in [7, 11) is 0. The molecule has 2 aromatic carbocycles. The number of aliphatic carboxylic acids is 1. The Kier molecular flexibility index (Phi) is 6.58. The minimum absolute atomic E-state index is 0.0747. The largest absolute Gasteiger partial charge is 0.481 e. The second-order valence-electron chi connectivity index (χ2n) is 10.2. The van der Waals surface area contributed by atoms with Crippen molar-refractivity contribution in [3.8, 4) is 5.69 Å². The standard InChI is InChI=1S/C27H29N5O5S/c1-16-23(25(34)32(17-7-5-4-6-8-17)31(16)14-27(2,3)37)24(33)29-21-13-30(12-19(21)26(35)36)18-9-10-20-22(11-18)38-15-28-20/h4-11,15,19,21,37H,12-14H2,1-3H3,(H,29,33)(H,35,36)/t19?,21-/m1/s1. The number of benzene rings is 2. The number of thiazole rings is 1. The lowest BCUT2D eigenvalue weighted by Crippen LogP contribution is -2.44. The molecule has 0 aliphatic carbocycles. The molecule has 1 amide bonds. The van der Waals surface area contributed by atoms with Crippen molar-refractivity contribution in [2.75, 3.05) is 18.0 Å². The zero-order valence-electron chi connectivity index (χ0n) is 21.3. The van der Waals surface area contributed by atoms with E-state index in [0.717, 1.165) is 15.9 Å². The lowest BCUT2D eigenvalue weighted by Gasteiger charge is -2.22. The van der Waals surface area contributed by atoms with Crippen LogP contribution in [-0.2, 0) is 11.3 Å². The van der Waals surface area contributed by atoms with E-state index in [2.05, 4.69) is 10.3 Å². The van der Waals surface area contributed by atoms with E-state index in [-0.39, 0.29) is 25.2 Å². The number of carboxylic acids is 1. The van der Waals surface area contributed by atoms with Crippen molar-refractivity contribution in [2.24, 2.45) is 5.92 Å². The van der Waals surface area contributed by atoms with Crippen LogP contribution in [0.15, 0.2) is 58.8 Å². The molecule has 1 unspecified atom stereocenters. The third-order valence-corrected chi connectivity index (χ3v) is 7.59. The molecule has 11 heteroatoms. The lowest BCUT2D eigenvalue weighted by atomic mass is 10.0. The average Bonchev–Trinajstić information content (AvgIpc) is 3.55. The first-order valence-electron chi connectivity index (χ1n) is 12.3. The van der Waals surface area contributed by atoms with Crippen LogP contribution in [0.3, 0.4) is 0 Å². The van der Waals surface area contributed by atoms with E-state index in [1.54, 1.807) is 55.2 Å². The zero-order valence-corrected chi connectivity index (χ0v) is 22.1. The predicted octanol–water partition coefficient (Wildman–Crippen LogP) is 2.65. The smallest absolute Gasteiger partial charge is 0.310 e. The van der Waals surface area contributed by atoms with Gasteiger partial charge in [-0.3, -0.25) is 19.1 Å². The van der Waals surface area contributed by atoms with Crippen LogP contribution in [0.1, 0.15) is 29.9 Å². The number of nitrogens with zero attached hydrogens (tertiary/aromatic N) is 4. The summed E-state index contributed by atoms with van der Waals surface area (Å²) in [6.07, 6.45) is 0. The van der Waals surface area contributed by atoms with Gasteiger partial charge in [0.15, 0.2) is 0 Å². The van der Waals surface area contributed by atoms with Crippen LogP contribution >= 0.6 is 11.3 Å². The Morgan fingerprint density at radius 2 is 1.87 bits per heavy atom. The fraction of sp³-hybridized carbons (Fsp3) is 0.333. The van der Waals surface area contributed by atoms with E-state index >= 15 is 0 Å². The summed E-state index contributed by atoms with van der Waals surface area (Å²) < 4.78 is 3.96. The molecule has 4 aromatic rings. The molecule has 3 N–H and O–H groups in total. The minimum Gasteiger partial charge on any atom is -0.481 e. The molecule has 1 saturated heterocycles. The van der Waals surface area contributed by atoms with Crippen molar-refractivity contribution in [1.29, 1.82) is 0 Å². The number of aliphatic hydroxyl groups is 1. The number of hydrogen-bond acceptors (Lipinski definition) is 7. The zero-order chi connectivity index (χ0) is 27.2. The van der Waals surface area contributed by atoms with Gasteiger partial charge >= 0.3 is 5.97 Å². The SMILES string of the molecule is Cc1c(C(=O)N[C@@H]2CN(c3ccc4ncsc4c3)CC2C(=O)O)c(=O)n(-c2ccccc2)n1CC(C)(C)O. The van der Waals surface area contributed by atoms with E-state index in [4.69, 9.17) is 0 Å². The van der Waals surface area contributed by atoms with Crippen molar-refractivity contribution in [1.82, 2.24) is 19.7 Å². The summed E-state index contributed by atoms with van der Waals surface area (Å²) >= 11 is 1.50. The van der Waals surface area contributed by atoms with Crippen molar-refractivity contribution in [2.45, 2.75) is 39.0 Å². The average molecular weight is 536 g/mol. The first-order chi connectivity index (χ1) is 18.0. The maximum atomic E-state index is 13.6. The number of carbonyl (C=O) groups excluding carboxylic acids is 1. The monoisotopic (exact) mass is 535 g/mol. The second-order valence-corrected chi connectivity index (χ2v) is 11.1. The fourth-order valence-electron chi connectivity index (χ4n) is 4.98. The molecule has 198 valence electrons. The van der Waals surface area contributed by atoms with Gasteiger partial charge in [-0.2, -0.15) is 0 Å². The minimum atomic E-state index is -1.15. The lowest BCUT2D eigenvalue weighted by molar-refractivity contribution is -0.141. The van der Waals surface area contributed by atoms with Crippen LogP contribution in [0.25, 0.3) is 15.9 Å². The molecule has 1 aliphatic rings. The third kappa shape index (κ3) is 4.82. The first-order valence-corrected chi connectivity index (χ1v) is 13.1. The Morgan fingerprint density at radius 3 is 2.55 bits per heavy atom. The van der Waals surface area contributed by atoms with Gasteiger partial charge in [-0.25, -0.2) is 9.67 Å². The summed E-state index contributed by atoms with van der Waals surface area (Å²) in [4.78, 5) is 45.5. The van der Waals surface area contributed by atoms with Crippen molar-refractivity contribution >= 4 is 39.1 Å². The number of nitrogens with one attached hydrogen (secondary N) is 1. The number of para-hydroxylation sites is 1. The van der Waals surface area contributed by atoms with Crippen molar-refractivity contribution in [3.05, 3.63) is 75.7 Å².